The van der Waals surface area contributed by atoms with Gasteiger partial charge in [-0.25, -0.2) is 0 Å². The molecule has 5 nitrogen and oxygen atoms in total. The summed E-state index contributed by atoms with van der Waals surface area (Å²) in [6, 6.07) is 30.4. The molecule has 4 aromatic rings. The molecule has 0 fully saturated rings. The third-order valence-corrected chi connectivity index (χ3v) is 4.97. The number of nitrogens with two attached hydrogens (primary N) is 2. The molecule has 4 rings (SSSR count). The monoisotopic (exact) mass is 506 g/mol. The van der Waals surface area contributed by atoms with Crippen LogP contribution in [0.3, 0.4) is 0 Å². The van der Waals surface area contributed by atoms with Crippen molar-refractivity contribution in [2.45, 2.75) is 6.92 Å². The van der Waals surface area contributed by atoms with Crippen LogP contribution in [0.5, 0.6) is 5.75 Å². The summed E-state index contributed by atoms with van der Waals surface area (Å²) in [6.45, 7) is 1.91. The first-order valence-corrected chi connectivity index (χ1v) is 11.0. The first kappa shape index (κ1) is 26.0. The van der Waals surface area contributed by atoms with Crippen LogP contribution in [0.1, 0.15) is 5.56 Å². The van der Waals surface area contributed by atoms with Crippen molar-refractivity contribution in [2.75, 3.05) is 18.6 Å². The normalized spacial score (nSPS) is 9.61. The van der Waals surface area contributed by atoms with Crippen LogP contribution in [0.4, 0.5) is 11.4 Å². The maximum atomic E-state index is 8.70. The predicted octanol–water partition coefficient (Wildman–Crippen LogP) is 4.65. The molecule has 0 saturated heterocycles. The zero-order valence-electron chi connectivity index (χ0n) is 18.7. The number of rotatable bonds is 3. The third-order valence-electron chi connectivity index (χ3n) is 4.48. The lowest BCUT2D eigenvalue weighted by molar-refractivity contribution is 0.415. The number of nitrogen functional groups attached to an aromatic ring is 2. The molecule has 4 aromatic carbocycles. The summed E-state index contributed by atoms with van der Waals surface area (Å²) in [5.41, 5.74) is 16.5. The first-order valence-electron chi connectivity index (χ1n) is 10.2. The number of aryl methyl sites for hydroxylation is 1. The second-order valence-electron chi connectivity index (χ2n) is 7.20. The number of hydrogen-bond donors (Lipinski definition) is 4. The fourth-order valence-electron chi connectivity index (χ4n) is 2.86. The Morgan fingerprint density at radius 3 is 1.79 bits per heavy atom. The molecule has 33 heavy (non-hydrogen) atoms. The molecule has 0 saturated carbocycles. The van der Waals surface area contributed by atoms with Gasteiger partial charge in [-0.2, -0.15) is 0 Å². The molecule has 170 valence electrons. The Kier molecular flexibility index (Phi) is 10.5. The van der Waals surface area contributed by atoms with Crippen LogP contribution in [0, 0.1) is 6.92 Å². The summed E-state index contributed by atoms with van der Waals surface area (Å²) in [4.78, 5) is 0. The van der Waals surface area contributed by atoms with Crippen LogP contribution < -0.4 is 21.7 Å². The largest absolute Gasteiger partial charge is 0.497 e. The molecule has 0 aliphatic heterocycles. The van der Waals surface area contributed by atoms with E-state index in [-0.39, 0.29) is 0 Å². The average molecular weight is 507 g/mol. The van der Waals surface area contributed by atoms with Crippen molar-refractivity contribution < 1.29 is 14.8 Å². The van der Waals surface area contributed by atoms with Crippen LogP contribution in [0.2, 0.25) is 0 Å². The minimum absolute atomic E-state index is 0.542. The maximum Gasteiger partial charge on any atom is 0.488 e. The van der Waals surface area contributed by atoms with Gasteiger partial charge in [0.25, 0.3) is 0 Å². The zero-order chi connectivity index (χ0) is 24.2. The van der Waals surface area contributed by atoms with Gasteiger partial charge in [-0.3, -0.25) is 0 Å². The van der Waals surface area contributed by atoms with Crippen molar-refractivity contribution in [1.82, 2.24) is 0 Å². The zero-order valence-corrected chi connectivity index (χ0v) is 20.2. The lowest BCUT2D eigenvalue weighted by atomic mass is 9.80. The number of halogens is 1. The highest BCUT2D eigenvalue weighted by Gasteiger charge is 2.08. The Labute approximate surface area is 203 Å². The maximum absolute atomic E-state index is 8.70. The fraction of sp³-hybridized carbons (Fsp3) is 0.0769. The number of anilines is 2. The van der Waals surface area contributed by atoms with E-state index < -0.39 is 7.12 Å². The Bertz CT molecular complexity index is 1140. The molecule has 0 radical (unpaired) electrons. The second-order valence-corrected chi connectivity index (χ2v) is 8.12. The summed E-state index contributed by atoms with van der Waals surface area (Å²) in [6.07, 6.45) is 0. The molecule has 0 spiro atoms. The SMILES string of the molecule is COc1cccc(-c2cccc(N)c2)c1.Cc1cccc(B(O)O)c1.Nc1cccc(Br)c1. The molecule has 7 heteroatoms. The van der Waals surface area contributed by atoms with Crippen molar-refractivity contribution >= 4 is 39.9 Å². The van der Waals surface area contributed by atoms with Gasteiger partial charge in [0.05, 0.1) is 7.11 Å². The second kappa shape index (κ2) is 13.3. The molecule has 0 aromatic heterocycles. The van der Waals surface area contributed by atoms with Gasteiger partial charge in [-0.15, -0.1) is 0 Å². The van der Waals surface area contributed by atoms with Crippen molar-refractivity contribution in [3.8, 4) is 16.9 Å². The Morgan fingerprint density at radius 1 is 0.727 bits per heavy atom. The molecule has 6 N–H and O–H groups in total. The van der Waals surface area contributed by atoms with Gasteiger partial charge < -0.3 is 26.3 Å². The van der Waals surface area contributed by atoms with Gasteiger partial charge in [0.15, 0.2) is 0 Å². The van der Waals surface area contributed by atoms with Crippen LogP contribution in [-0.2, 0) is 0 Å². The molecule has 0 atom stereocenters. The van der Waals surface area contributed by atoms with E-state index in [4.69, 9.17) is 26.3 Å². The number of hydrogen-bond acceptors (Lipinski definition) is 5. The minimum Gasteiger partial charge on any atom is -0.497 e. The van der Waals surface area contributed by atoms with Gasteiger partial charge in [-0.1, -0.05) is 76.1 Å². The van der Waals surface area contributed by atoms with E-state index in [2.05, 4.69) is 15.9 Å². The highest BCUT2D eigenvalue weighted by atomic mass is 79.9. The van der Waals surface area contributed by atoms with E-state index in [1.54, 1.807) is 25.3 Å². The molecule has 0 heterocycles. The summed E-state index contributed by atoms with van der Waals surface area (Å²) >= 11 is 3.28. The highest BCUT2D eigenvalue weighted by molar-refractivity contribution is 9.10. The van der Waals surface area contributed by atoms with Crippen molar-refractivity contribution in [1.29, 1.82) is 0 Å². The molecule has 0 bridgehead atoms. The summed E-state index contributed by atoms with van der Waals surface area (Å²) in [5.74, 6) is 0.856. The van der Waals surface area contributed by atoms with Crippen molar-refractivity contribution in [3.05, 3.63) is 107 Å². The van der Waals surface area contributed by atoms with Crippen LogP contribution in [0.25, 0.3) is 11.1 Å². The molecular formula is C26H28BBrN2O3. The first-order chi connectivity index (χ1) is 15.8. The average Bonchev–Trinajstić information content (AvgIpc) is 2.80. The van der Waals surface area contributed by atoms with E-state index >= 15 is 0 Å². The fourth-order valence-corrected chi connectivity index (χ4v) is 3.28. The van der Waals surface area contributed by atoms with Crippen molar-refractivity contribution in [3.63, 3.8) is 0 Å². The van der Waals surface area contributed by atoms with E-state index in [1.807, 2.05) is 85.8 Å². The van der Waals surface area contributed by atoms with E-state index in [0.29, 0.717) is 5.46 Å². The summed E-state index contributed by atoms with van der Waals surface area (Å²) in [5, 5.41) is 17.4. The van der Waals surface area contributed by atoms with Gasteiger partial charge >= 0.3 is 7.12 Å². The van der Waals surface area contributed by atoms with Gasteiger partial charge in [-0.05, 0) is 66.0 Å². The van der Waals surface area contributed by atoms with E-state index in [9.17, 15) is 0 Å². The minimum atomic E-state index is -1.35. The van der Waals surface area contributed by atoms with Gasteiger partial charge in [0.1, 0.15) is 5.75 Å². The smallest absolute Gasteiger partial charge is 0.488 e. The van der Waals surface area contributed by atoms with Crippen LogP contribution in [-0.4, -0.2) is 24.3 Å². The number of ether oxygens (including phenoxy) is 1. The van der Waals surface area contributed by atoms with Crippen LogP contribution in [0.15, 0.2) is 102 Å². The van der Waals surface area contributed by atoms with E-state index in [1.165, 1.54) is 0 Å². The molecule has 0 amide bonds. The van der Waals surface area contributed by atoms with Gasteiger partial charge in [0.2, 0.25) is 0 Å². The standard InChI is InChI=1S/C13H13NO.C7H9BO2.C6H6BrN/c1-15-13-7-3-5-11(9-13)10-4-2-6-12(14)8-10;1-6-3-2-4-7(5-6)8(9)10;7-5-2-1-3-6(8)4-5/h2-9H,14H2,1H3;2-5,9-10H,1H3;1-4H,8H2. The third kappa shape index (κ3) is 9.41. The molecule has 0 unspecified atom stereocenters. The van der Waals surface area contributed by atoms with Crippen molar-refractivity contribution in [2.24, 2.45) is 0 Å². The van der Waals surface area contributed by atoms with Crippen LogP contribution >= 0.6 is 15.9 Å². The highest BCUT2D eigenvalue weighted by Crippen LogP contribution is 2.24. The summed E-state index contributed by atoms with van der Waals surface area (Å²) in [7, 11) is 0.318. The Balaban J connectivity index is 0.000000186. The molecular weight excluding hydrogens is 479 g/mol. The Hall–Kier alpha value is -3.26. The topological polar surface area (TPSA) is 102 Å². The van der Waals surface area contributed by atoms with Gasteiger partial charge in [0, 0.05) is 15.8 Å². The summed E-state index contributed by atoms with van der Waals surface area (Å²) < 4.78 is 6.20. The molecule has 0 aliphatic rings. The number of methoxy groups -OCH3 is 1. The quantitative estimate of drug-likeness (QED) is 0.239. The lowest BCUT2D eigenvalue weighted by Gasteiger charge is -2.05. The molecule has 0 aliphatic carbocycles. The lowest BCUT2D eigenvalue weighted by Crippen LogP contribution is -2.29. The number of benzene rings is 4. The predicted molar refractivity (Wildman–Crippen MR) is 142 cm³/mol. The van der Waals surface area contributed by atoms with E-state index in [0.717, 1.165) is 38.3 Å². The Morgan fingerprint density at radius 2 is 1.30 bits per heavy atom.